The summed E-state index contributed by atoms with van der Waals surface area (Å²) in [6.45, 7) is 6.28. The van der Waals surface area contributed by atoms with Crippen molar-refractivity contribution in [3.63, 3.8) is 0 Å². The largest absolute Gasteiger partial charge is 0.396 e. The van der Waals surface area contributed by atoms with Crippen LogP contribution in [-0.2, 0) is 0 Å². The summed E-state index contributed by atoms with van der Waals surface area (Å²) in [5, 5.41) is 9.05. The van der Waals surface area contributed by atoms with Gasteiger partial charge >= 0.3 is 0 Å². The smallest absolute Gasteiger partial charge is 0.0510 e. The molecule has 0 fully saturated rings. The van der Waals surface area contributed by atoms with Crippen molar-refractivity contribution in [3.05, 3.63) is 34.3 Å². The van der Waals surface area contributed by atoms with Crippen LogP contribution in [0.1, 0.15) is 38.3 Å². The van der Waals surface area contributed by atoms with E-state index in [1.165, 1.54) is 5.56 Å². The number of nitrogens with two attached hydrogens (primary N) is 1. The fourth-order valence-electron chi connectivity index (χ4n) is 2.40. The molecule has 0 amide bonds. The number of rotatable bonds is 8. The van der Waals surface area contributed by atoms with Gasteiger partial charge in [-0.1, -0.05) is 48.0 Å². The van der Waals surface area contributed by atoms with Crippen LogP contribution in [0.25, 0.3) is 0 Å². The van der Waals surface area contributed by atoms with E-state index in [4.69, 9.17) is 10.8 Å². The minimum absolute atomic E-state index is 0.0948. The molecule has 1 aromatic carbocycles. The first-order chi connectivity index (χ1) is 9.15. The summed E-state index contributed by atoms with van der Waals surface area (Å²) >= 11 is 3.63. The van der Waals surface area contributed by atoms with E-state index in [1.54, 1.807) is 0 Å². The lowest BCUT2D eigenvalue weighted by atomic mass is 9.96. The minimum Gasteiger partial charge on any atom is -0.396 e. The number of hydrogen-bond donors (Lipinski definition) is 2. The number of likely N-dealkylation sites (N-methyl/N-ethyl adjacent to an activating group) is 1. The van der Waals surface area contributed by atoms with Crippen molar-refractivity contribution >= 4 is 15.9 Å². The van der Waals surface area contributed by atoms with Crippen molar-refractivity contribution in [2.75, 3.05) is 19.7 Å². The highest BCUT2D eigenvalue weighted by atomic mass is 79.9. The van der Waals surface area contributed by atoms with Crippen molar-refractivity contribution in [2.24, 2.45) is 5.73 Å². The molecule has 0 bridgehead atoms. The van der Waals surface area contributed by atoms with E-state index in [0.29, 0.717) is 0 Å². The maximum atomic E-state index is 9.05. The Morgan fingerprint density at radius 3 is 2.53 bits per heavy atom. The molecule has 108 valence electrons. The summed E-state index contributed by atoms with van der Waals surface area (Å²) in [4.78, 5) is 2.35. The Hall–Kier alpha value is -0.420. The third kappa shape index (κ3) is 4.56. The highest BCUT2D eigenvalue weighted by Crippen LogP contribution is 2.30. The monoisotopic (exact) mass is 328 g/mol. The zero-order chi connectivity index (χ0) is 14.3. The zero-order valence-corrected chi connectivity index (χ0v) is 13.4. The van der Waals surface area contributed by atoms with Gasteiger partial charge in [-0.3, -0.25) is 4.90 Å². The van der Waals surface area contributed by atoms with Gasteiger partial charge in [0.2, 0.25) is 0 Å². The summed E-state index contributed by atoms with van der Waals surface area (Å²) < 4.78 is 1.10. The van der Waals surface area contributed by atoms with Crippen LogP contribution < -0.4 is 5.73 Å². The van der Waals surface area contributed by atoms with Gasteiger partial charge in [0.25, 0.3) is 0 Å². The molecule has 0 radical (unpaired) electrons. The third-order valence-electron chi connectivity index (χ3n) is 3.50. The van der Waals surface area contributed by atoms with Gasteiger partial charge in [-0.05, 0) is 31.0 Å². The first kappa shape index (κ1) is 16.6. The second kappa shape index (κ2) is 8.69. The predicted molar refractivity (Wildman–Crippen MR) is 84.1 cm³/mol. The van der Waals surface area contributed by atoms with E-state index >= 15 is 0 Å². The zero-order valence-electron chi connectivity index (χ0n) is 11.8. The maximum absolute atomic E-state index is 9.05. The van der Waals surface area contributed by atoms with Crippen molar-refractivity contribution in [2.45, 2.75) is 38.8 Å². The summed E-state index contributed by atoms with van der Waals surface area (Å²) in [5.74, 6) is 0. The van der Waals surface area contributed by atoms with Crippen LogP contribution in [0, 0.1) is 0 Å². The molecular weight excluding hydrogens is 304 g/mol. The summed E-state index contributed by atoms with van der Waals surface area (Å²) in [6, 6.07) is 8.55. The molecule has 0 spiro atoms. The number of aliphatic hydroxyl groups excluding tert-OH is 1. The average Bonchev–Trinajstić information content (AvgIpc) is 2.44. The lowest BCUT2D eigenvalue weighted by Crippen LogP contribution is -2.41. The van der Waals surface area contributed by atoms with E-state index in [9.17, 15) is 0 Å². The highest BCUT2D eigenvalue weighted by molar-refractivity contribution is 9.10. The summed E-state index contributed by atoms with van der Waals surface area (Å²) in [6.07, 6.45) is 1.72. The lowest BCUT2D eigenvalue weighted by Gasteiger charge is -2.35. The van der Waals surface area contributed by atoms with Gasteiger partial charge in [-0.2, -0.15) is 0 Å². The Balaban J connectivity index is 3.03. The number of nitrogens with zero attached hydrogens (tertiary/aromatic N) is 1. The number of aliphatic hydroxyl groups is 1. The van der Waals surface area contributed by atoms with Crippen LogP contribution in [0.3, 0.4) is 0 Å². The Bertz CT molecular complexity index is 373. The van der Waals surface area contributed by atoms with Crippen molar-refractivity contribution in [1.82, 2.24) is 4.90 Å². The molecule has 0 aliphatic carbocycles. The standard InChI is InChI=1S/C15H25BrN2O/c1-3-14(17)15(18(4-2)10-7-11-19)12-8-5-6-9-13(12)16/h5-6,8-9,14-15,19H,3-4,7,10-11,17H2,1-2H3. The molecule has 0 aliphatic heterocycles. The Labute approximate surface area is 124 Å². The van der Waals surface area contributed by atoms with Gasteiger partial charge < -0.3 is 10.8 Å². The Morgan fingerprint density at radius 2 is 2.00 bits per heavy atom. The summed E-state index contributed by atoms with van der Waals surface area (Å²) in [5.41, 5.74) is 7.57. The predicted octanol–water partition coefficient (Wildman–Crippen LogP) is 2.93. The van der Waals surface area contributed by atoms with Crippen molar-refractivity contribution < 1.29 is 5.11 Å². The summed E-state index contributed by atoms with van der Waals surface area (Å²) in [7, 11) is 0. The second-order valence-electron chi connectivity index (χ2n) is 4.74. The van der Waals surface area contributed by atoms with E-state index < -0.39 is 0 Å². The lowest BCUT2D eigenvalue weighted by molar-refractivity contribution is 0.159. The van der Waals surface area contributed by atoms with Crippen LogP contribution in [0.4, 0.5) is 0 Å². The highest BCUT2D eigenvalue weighted by Gasteiger charge is 2.25. The first-order valence-electron chi connectivity index (χ1n) is 7.00. The quantitative estimate of drug-likeness (QED) is 0.771. The molecule has 3 nitrogen and oxygen atoms in total. The van der Waals surface area contributed by atoms with Gasteiger partial charge in [0, 0.05) is 23.7 Å². The molecule has 0 aliphatic rings. The Morgan fingerprint density at radius 1 is 1.32 bits per heavy atom. The molecule has 1 aromatic rings. The molecule has 1 rings (SSSR count). The third-order valence-corrected chi connectivity index (χ3v) is 4.23. The van der Waals surface area contributed by atoms with Crippen LogP contribution in [0.5, 0.6) is 0 Å². The molecule has 0 saturated heterocycles. The number of halogens is 1. The van der Waals surface area contributed by atoms with Crippen LogP contribution in [0.2, 0.25) is 0 Å². The minimum atomic E-state index is 0.0948. The molecule has 0 heterocycles. The van der Waals surface area contributed by atoms with E-state index in [0.717, 1.165) is 30.4 Å². The first-order valence-corrected chi connectivity index (χ1v) is 7.79. The van der Waals surface area contributed by atoms with Gasteiger partial charge in [-0.15, -0.1) is 0 Å². The van der Waals surface area contributed by atoms with Gasteiger partial charge in [0.05, 0.1) is 6.04 Å². The van der Waals surface area contributed by atoms with Crippen LogP contribution in [0.15, 0.2) is 28.7 Å². The second-order valence-corrected chi connectivity index (χ2v) is 5.60. The molecule has 19 heavy (non-hydrogen) atoms. The van der Waals surface area contributed by atoms with Crippen LogP contribution >= 0.6 is 15.9 Å². The van der Waals surface area contributed by atoms with Gasteiger partial charge in [-0.25, -0.2) is 0 Å². The maximum Gasteiger partial charge on any atom is 0.0510 e. The van der Waals surface area contributed by atoms with E-state index in [-0.39, 0.29) is 18.7 Å². The van der Waals surface area contributed by atoms with Gasteiger partial charge in [0.15, 0.2) is 0 Å². The fraction of sp³-hybridized carbons (Fsp3) is 0.600. The number of hydrogen-bond acceptors (Lipinski definition) is 3. The van der Waals surface area contributed by atoms with Gasteiger partial charge in [0.1, 0.15) is 0 Å². The molecule has 0 saturated carbocycles. The van der Waals surface area contributed by atoms with Crippen molar-refractivity contribution in [1.29, 1.82) is 0 Å². The molecular formula is C15H25BrN2O. The average molecular weight is 329 g/mol. The normalized spacial score (nSPS) is 14.6. The fourth-order valence-corrected chi connectivity index (χ4v) is 2.92. The molecule has 2 atom stereocenters. The van der Waals surface area contributed by atoms with Crippen LogP contribution in [-0.4, -0.2) is 35.7 Å². The molecule has 0 aromatic heterocycles. The van der Waals surface area contributed by atoms with E-state index in [2.05, 4.69) is 52.9 Å². The topological polar surface area (TPSA) is 49.5 Å². The Kier molecular flexibility index (Phi) is 7.61. The molecule has 2 unspecified atom stereocenters. The van der Waals surface area contributed by atoms with Crippen molar-refractivity contribution in [3.8, 4) is 0 Å². The van der Waals surface area contributed by atoms with E-state index in [1.807, 2.05) is 6.07 Å². The molecule has 4 heteroatoms. The molecule has 3 N–H and O–H groups in total. The number of benzene rings is 1. The SMILES string of the molecule is CCC(N)C(c1ccccc1Br)N(CC)CCCO.